The standard InChI is InChI=1S/C17H17N3O/c1-3-18-12-8-16-14(6-10(12)2)20-15-7-11-4-5-19-13(11)9-17(15)21-16/h6-9,19H,3-5H2,1-2H3/b18-12-. The number of benzene rings is 2. The highest BCUT2D eigenvalue weighted by Gasteiger charge is 2.15. The molecule has 0 aromatic heterocycles. The summed E-state index contributed by atoms with van der Waals surface area (Å²) < 4.78 is 6.05. The SMILES string of the molecule is CC/N=c1/cc2oc3cc4c(cc3nc-2cc1C)CCN4. The number of hydrogen-bond acceptors (Lipinski definition) is 4. The molecule has 1 aromatic carbocycles. The van der Waals surface area contributed by atoms with E-state index >= 15 is 0 Å². The molecule has 0 atom stereocenters. The van der Waals surface area contributed by atoms with Crippen molar-refractivity contribution < 1.29 is 4.42 Å². The van der Waals surface area contributed by atoms with Crippen molar-refractivity contribution in [1.82, 2.24) is 4.98 Å². The van der Waals surface area contributed by atoms with Crippen molar-refractivity contribution in [3.63, 3.8) is 0 Å². The van der Waals surface area contributed by atoms with Crippen LogP contribution in [0.5, 0.6) is 0 Å². The molecular formula is C17H17N3O. The van der Waals surface area contributed by atoms with Crippen molar-refractivity contribution >= 4 is 16.8 Å². The van der Waals surface area contributed by atoms with E-state index in [1.165, 1.54) is 5.56 Å². The van der Waals surface area contributed by atoms with Gasteiger partial charge in [0.15, 0.2) is 11.3 Å². The van der Waals surface area contributed by atoms with Crippen LogP contribution in [-0.2, 0) is 6.42 Å². The molecule has 21 heavy (non-hydrogen) atoms. The van der Waals surface area contributed by atoms with Crippen molar-refractivity contribution in [2.45, 2.75) is 20.3 Å². The van der Waals surface area contributed by atoms with Crippen LogP contribution in [-0.4, -0.2) is 18.1 Å². The van der Waals surface area contributed by atoms with Gasteiger partial charge >= 0.3 is 0 Å². The molecule has 106 valence electrons. The number of nitrogens with zero attached hydrogens (tertiary/aromatic N) is 2. The van der Waals surface area contributed by atoms with E-state index in [1.807, 2.05) is 13.0 Å². The molecule has 1 aliphatic carbocycles. The maximum absolute atomic E-state index is 6.05. The number of aryl methyl sites for hydroxylation is 1. The Morgan fingerprint density at radius 2 is 2.19 bits per heavy atom. The van der Waals surface area contributed by atoms with E-state index in [2.05, 4.69) is 35.4 Å². The second-order valence-corrected chi connectivity index (χ2v) is 5.45. The number of anilines is 1. The molecule has 0 saturated heterocycles. The van der Waals surface area contributed by atoms with E-state index in [0.717, 1.165) is 58.7 Å². The summed E-state index contributed by atoms with van der Waals surface area (Å²) in [5.41, 5.74) is 6.25. The molecule has 0 spiro atoms. The minimum atomic E-state index is 0.769. The smallest absolute Gasteiger partial charge is 0.155 e. The highest BCUT2D eigenvalue weighted by molar-refractivity contribution is 5.82. The van der Waals surface area contributed by atoms with E-state index in [0.29, 0.717) is 0 Å². The molecule has 4 heteroatoms. The van der Waals surface area contributed by atoms with Crippen LogP contribution in [0.3, 0.4) is 0 Å². The van der Waals surface area contributed by atoms with Crippen LogP contribution in [0.2, 0.25) is 0 Å². The zero-order valence-electron chi connectivity index (χ0n) is 12.2. The Hall–Kier alpha value is -2.36. The summed E-state index contributed by atoms with van der Waals surface area (Å²) >= 11 is 0. The predicted molar refractivity (Wildman–Crippen MR) is 83.7 cm³/mol. The van der Waals surface area contributed by atoms with E-state index < -0.39 is 0 Å². The predicted octanol–water partition coefficient (Wildman–Crippen LogP) is 3.13. The van der Waals surface area contributed by atoms with Crippen LogP contribution < -0.4 is 10.7 Å². The Morgan fingerprint density at radius 3 is 3.05 bits per heavy atom. The van der Waals surface area contributed by atoms with E-state index in [1.54, 1.807) is 0 Å². The topological polar surface area (TPSA) is 50.4 Å². The fraction of sp³-hybridized carbons (Fsp3) is 0.294. The molecule has 0 fully saturated rings. The number of rotatable bonds is 1. The second-order valence-electron chi connectivity index (χ2n) is 5.45. The highest BCUT2D eigenvalue weighted by Crippen LogP contribution is 2.30. The molecule has 0 amide bonds. The molecule has 4 rings (SSSR count). The maximum atomic E-state index is 6.05. The quantitative estimate of drug-likeness (QED) is 0.696. The molecule has 2 heterocycles. The summed E-state index contributed by atoms with van der Waals surface area (Å²) in [6, 6.07) is 8.23. The van der Waals surface area contributed by atoms with Gasteiger partial charge in [0, 0.05) is 30.9 Å². The summed E-state index contributed by atoms with van der Waals surface area (Å²) in [6.45, 7) is 5.86. The van der Waals surface area contributed by atoms with Crippen LogP contribution in [0.1, 0.15) is 18.1 Å². The minimum absolute atomic E-state index is 0.769. The molecule has 0 radical (unpaired) electrons. The normalized spacial score (nSPS) is 14.7. The third-order valence-electron chi connectivity index (χ3n) is 3.96. The molecule has 2 aliphatic heterocycles. The van der Waals surface area contributed by atoms with Crippen LogP contribution in [0.25, 0.3) is 22.6 Å². The first-order valence-corrected chi connectivity index (χ1v) is 7.37. The van der Waals surface area contributed by atoms with Crippen LogP contribution >= 0.6 is 0 Å². The van der Waals surface area contributed by atoms with Gasteiger partial charge in [-0.3, -0.25) is 4.99 Å². The first-order chi connectivity index (χ1) is 10.2. The first-order valence-electron chi connectivity index (χ1n) is 7.37. The van der Waals surface area contributed by atoms with E-state index in [-0.39, 0.29) is 0 Å². The fourth-order valence-electron chi connectivity index (χ4n) is 2.90. The average Bonchev–Trinajstić information content (AvgIpc) is 2.91. The van der Waals surface area contributed by atoms with Gasteiger partial charge in [-0.1, -0.05) is 0 Å². The molecule has 0 saturated carbocycles. The lowest BCUT2D eigenvalue weighted by Gasteiger charge is -2.09. The van der Waals surface area contributed by atoms with Gasteiger partial charge in [0.1, 0.15) is 11.2 Å². The van der Waals surface area contributed by atoms with Gasteiger partial charge in [0.25, 0.3) is 0 Å². The minimum Gasteiger partial charge on any atom is -0.453 e. The lowest BCUT2D eigenvalue weighted by atomic mass is 10.1. The number of fused-ring (bicyclic) bond motifs is 3. The fourth-order valence-corrected chi connectivity index (χ4v) is 2.90. The van der Waals surface area contributed by atoms with E-state index in [9.17, 15) is 0 Å². The van der Waals surface area contributed by atoms with Crippen molar-refractivity contribution in [2.24, 2.45) is 4.99 Å². The van der Waals surface area contributed by atoms with Crippen molar-refractivity contribution in [3.05, 3.63) is 40.7 Å². The van der Waals surface area contributed by atoms with Gasteiger partial charge < -0.3 is 9.73 Å². The first kappa shape index (κ1) is 12.4. The number of hydrogen-bond donors (Lipinski definition) is 1. The maximum Gasteiger partial charge on any atom is 0.155 e. The van der Waals surface area contributed by atoms with Crippen molar-refractivity contribution in [1.29, 1.82) is 0 Å². The van der Waals surface area contributed by atoms with Gasteiger partial charge in [0.05, 0.1) is 5.36 Å². The van der Waals surface area contributed by atoms with Crippen LogP contribution in [0, 0.1) is 6.92 Å². The van der Waals surface area contributed by atoms with Gasteiger partial charge in [0.2, 0.25) is 0 Å². The zero-order valence-corrected chi connectivity index (χ0v) is 12.2. The zero-order chi connectivity index (χ0) is 14.4. The Balaban J connectivity index is 2.03. The van der Waals surface area contributed by atoms with Crippen LogP contribution in [0.15, 0.2) is 33.7 Å². The van der Waals surface area contributed by atoms with Gasteiger partial charge in [-0.2, -0.15) is 0 Å². The number of nitrogens with one attached hydrogen (secondary N) is 1. The largest absolute Gasteiger partial charge is 0.453 e. The Morgan fingerprint density at radius 1 is 1.29 bits per heavy atom. The number of aromatic nitrogens is 1. The average molecular weight is 279 g/mol. The lowest BCUT2D eigenvalue weighted by Crippen LogP contribution is -2.08. The third-order valence-corrected chi connectivity index (χ3v) is 3.96. The lowest BCUT2D eigenvalue weighted by molar-refractivity contribution is 0.612. The molecule has 0 bridgehead atoms. The summed E-state index contributed by atoms with van der Waals surface area (Å²) in [5, 5.41) is 4.36. The summed E-state index contributed by atoms with van der Waals surface area (Å²) in [6.07, 6.45) is 1.05. The Bertz CT molecular complexity index is 879. The second kappa shape index (κ2) is 4.58. The monoisotopic (exact) mass is 279 g/mol. The summed E-state index contributed by atoms with van der Waals surface area (Å²) in [4.78, 5) is 9.25. The highest BCUT2D eigenvalue weighted by atomic mass is 16.3. The summed E-state index contributed by atoms with van der Waals surface area (Å²) in [5.74, 6) is 0.790. The van der Waals surface area contributed by atoms with E-state index in [4.69, 9.17) is 9.40 Å². The molecule has 4 nitrogen and oxygen atoms in total. The Labute approximate surface area is 122 Å². The third kappa shape index (κ3) is 1.98. The summed E-state index contributed by atoms with van der Waals surface area (Å²) in [7, 11) is 0. The molecular weight excluding hydrogens is 262 g/mol. The van der Waals surface area contributed by atoms with Crippen LogP contribution in [0.4, 0.5) is 5.69 Å². The van der Waals surface area contributed by atoms with Gasteiger partial charge in [-0.25, -0.2) is 4.98 Å². The molecule has 0 unspecified atom stereocenters. The van der Waals surface area contributed by atoms with Crippen molar-refractivity contribution in [2.75, 3.05) is 18.4 Å². The molecule has 1 N–H and O–H groups in total. The molecule has 3 aliphatic rings. The van der Waals surface area contributed by atoms with Crippen molar-refractivity contribution in [3.8, 4) is 11.5 Å². The van der Waals surface area contributed by atoms with Gasteiger partial charge in [-0.15, -0.1) is 0 Å². The van der Waals surface area contributed by atoms with Gasteiger partial charge in [-0.05, 0) is 43.5 Å². The molecule has 1 aromatic rings. The Kier molecular flexibility index (Phi) is 2.70.